The Hall–Kier alpha value is -0.570. The van der Waals surface area contributed by atoms with E-state index in [1.807, 2.05) is 14.0 Å². The van der Waals surface area contributed by atoms with Gasteiger partial charge in [-0.25, -0.2) is 0 Å². The van der Waals surface area contributed by atoms with E-state index in [1.54, 1.807) is 19.0 Å². The second kappa shape index (κ2) is 11.1. The Morgan fingerprint density at radius 3 is 2.62 bits per heavy atom. The summed E-state index contributed by atoms with van der Waals surface area (Å²) in [6, 6.07) is 0. The number of halogens is 1. The van der Waals surface area contributed by atoms with E-state index in [4.69, 9.17) is 4.74 Å². The minimum absolute atomic E-state index is 0. The van der Waals surface area contributed by atoms with Crippen molar-refractivity contribution in [2.24, 2.45) is 10.9 Å². The molecule has 0 saturated carbocycles. The zero-order chi connectivity index (χ0) is 15.0. The number of rotatable bonds is 6. The summed E-state index contributed by atoms with van der Waals surface area (Å²) in [7, 11) is 5.57. The molecule has 0 bridgehead atoms. The summed E-state index contributed by atoms with van der Waals surface area (Å²) in [6.45, 7) is 6.03. The molecule has 1 aliphatic heterocycles. The molecule has 7 heteroatoms. The second-order valence-electron chi connectivity index (χ2n) is 5.38. The lowest BCUT2D eigenvalue weighted by Crippen LogP contribution is -2.41. The van der Waals surface area contributed by atoms with Crippen LogP contribution in [0.5, 0.6) is 0 Å². The molecule has 0 aromatic rings. The molecule has 1 atom stereocenters. The summed E-state index contributed by atoms with van der Waals surface area (Å²) in [4.78, 5) is 19.8. The van der Waals surface area contributed by atoms with E-state index in [2.05, 4.69) is 15.2 Å². The van der Waals surface area contributed by atoms with Crippen LogP contribution in [0.1, 0.15) is 19.8 Å². The Bertz CT molecular complexity index is 331. The molecule has 0 aromatic carbocycles. The number of ether oxygens (including phenoxy) is 1. The molecule has 6 nitrogen and oxygen atoms in total. The van der Waals surface area contributed by atoms with Crippen molar-refractivity contribution in [1.29, 1.82) is 0 Å². The first-order chi connectivity index (χ1) is 9.54. The van der Waals surface area contributed by atoms with Crippen molar-refractivity contribution in [1.82, 2.24) is 15.1 Å². The van der Waals surface area contributed by atoms with Crippen molar-refractivity contribution in [3.05, 3.63) is 0 Å². The van der Waals surface area contributed by atoms with Crippen LogP contribution < -0.4 is 5.32 Å². The summed E-state index contributed by atoms with van der Waals surface area (Å²) in [5.41, 5.74) is 0. The third-order valence-electron chi connectivity index (χ3n) is 3.34. The number of carbonyl (C=O) groups excluding carboxylic acids is 1. The average molecular weight is 412 g/mol. The van der Waals surface area contributed by atoms with Gasteiger partial charge >= 0.3 is 0 Å². The van der Waals surface area contributed by atoms with E-state index in [0.717, 1.165) is 38.7 Å². The zero-order valence-corrected chi connectivity index (χ0v) is 15.9. The highest BCUT2D eigenvalue weighted by atomic mass is 127. The summed E-state index contributed by atoms with van der Waals surface area (Å²) in [5.74, 6) is 1.55. The lowest BCUT2D eigenvalue weighted by molar-refractivity contribution is -0.128. The largest absolute Gasteiger partial charge is 0.381 e. The fourth-order valence-corrected chi connectivity index (χ4v) is 2.15. The highest BCUT2D eigenvalue weighted by molar-refractivity contribution is 14.0. The quantitative estimate of drug-likeness (QED) is 0.402. The van der Waals surface area contributed by atoms with Gasteiger partial charge < -0.3 is 19.9 Å². The summed E-state index contributed by atoms with van der Waals surface area (Å²) in [6.07, 6.45) is 1.56. The Morgan fingerprint density at radius 2 is 2.10 bits per heavy atom. The lowest BCUT2D eigenvalue weighted by atomic mass is 10.1. The molecule has 1 saturated heterocycles. The average Bonchev–Trinajstić information content (AvgIpc) is 2.90. The van der Waals surface area contributed by atoms with Gasteiger partial charge in [0.15, 0.2) is 5.96 Å². The van der Waals surface area contributed by atoms with Gasteiger partial charge in [0.05, 0.1) is 13.2 Å². The van der Waals surface area contributed by atoms with Crippen molar-refractivity contribution >= 4 is 35.8 Å². The molecule has 1 aliphatic rings. The number of nitrogens with zero attached hydrogens (tertiary/aromatic N) is 3. The monoisotopic (exact) mass is 412 g/mol. The normalized spacial score (nSPS) is 18.1. The van der Waals surface area contributed by atoms with Crippen LogP contribution in [0.2, 0.25) is 0 Å². The first-order valence-electron chi connectivity index (χ1n) is 7.32. The van der Waals surface area contributed by atoms with Crippen molar-refractivity contribution in [3.8, 4) is 0 Å². The van der Waals surface area contributed by atoms with Gasteiger partial charge in [-0.1, -0.05) is 0 Å². The highest BCUT2D eigenvalue weighted by Crippen LogP contribution is 2.13. The Kier molecular flexibility index (Phi) is 10.8. The second-order valence-corrected chi connectivity index (χ2v) is 5.38. The van der Waals surface area contributed by atoms with Gasteiger partial charge in [0, 0.05) is 53.2 Å². The molecule has 0 aromatic heterocycles. The van der Waals surface area contributed by atoms with Crippen LogP contribution in [0.25, 0.3) is 0 Å². The Balaban J connectivity index is 0.00000400. The van der Waals surface area contributed by atoms with Gasteiger partial charge in [-0.3, -0.25) is 9.79 Å². The first-order valence-corrected chi connectivity index (χ1v) is 7.32. The van der Waals surface area contributed by atoms with E-state index < -0.39 is 0 Å². The van der Waals surface area contributed by atoms with E-state index in [1.165, 1.54) is 0 Å². The topological polar surface area (TPSA) is 57.2 Å². The zero-order valence-electron chi connectivity index (χ0n) is 13.6. The van der Waals surface area contributed by atoms with Crippen LogP contribution in [0.15, 0.2) is 4.99 Å². The predicted octanol–water partition coefficient (Wildman–Crippen LogP) is 1.02. The Morgan fingerprint density at radius 1 is 1.38 bits per heavy atom. The van der Waals surface area contributed by atoms with E-state index >= 15 is 0 Å². The molecule has 1 fully saturated rings. The molecule has 0 radical (unpaired) electrons. The van der Waals surface area contributed by atoms with Crippen molar-refractivity contribution in [2.45, 2.75) is 19.8 Å². The van der Waals surface area contributed by atoms with Crippen LogP contribution in [0.3, 0.4) is 0 Å². The number of amides is 1. The van der Waals surface area contributed by atoms with Crippen LogP contribution >= 0.6 is 24.0 Å². The van der Waals surface area contributed by atoms with Gasteiger partial charge in [-0.2, -0.15) is 0 Å². The SMILES string of the molecule is CCNC(=NCCC(=O)N(C)C)N(C)CC1CCOC1.I. The maximum Gasteiger partial charge on any atom is 0.223 e. The first kappa shape index (κ1) is 20.4. The van der Waals surface area contributed by atoms with E-state index in [9.17, 15) is 4.79 Å². The smallest absolute Gasteiger partial charge is 0.223 e. The number of guanidine groups is 1. The van der Waals surface area contributed by atoms with Crippen molar-refractivity contribution in [3.63, 3.8) is 0 Å². The van der Waals surface area contributed by atoms with Gasteiger partial charge in [0.1, 0.15) is 0 Å². The highest BCUT2D eigenvalue weighted by Gasteiger charge is 2.19. The molecule has 1 rings (SSSR count). The third kappa shape index (κ3) is 7.85. The summed E-state index contributed by atoms with van der Waals surface area (Å²) < 4.78 is 5.40. The number of aliphatic imine (C=N–C) groups is 1. The molecule has 21 heavy (non-hydrogen) atoms. The van der Waals surface area contributed by atoms with Crippen molar-refractivity contribution in [2.75, 3.05) is 54.0 Å². The van der Waals surface area contributed by atoms with Crippen molar-refractivity contribution < 1.29 is 9.53 Å². The number of carbonyl (C=O) groups is 1. The van der Waals surface area contributed by atoms with Gasteiger partial charge in [-0.15, -0.1) is 24.0 Å². The maximum atomic E-state index is 11.5. The maximum absolute atomic E-state index is 11.5. The van der Waals surface area contributed by atoms with Gasteiger partial charge in [0.25, 0.3) is 0 Å². The summed E-state index contributed by atoms with van der Waals surface area (Å²) >= 11 is 0. The molecule has 0 spiro atoms. The molecule has 1 N–H and O–H groups in total. The van der Waals surface area contributed by atoms with Gasteiger partial charge in [0.2, 0.25) is 5.91 Å². The molecule has 1 heterocycles. The molecular formula is C14H29IN4O2. The van der Waals surface area contributed by atoms with Gasteiger partial charge in [-0.05, 0) is 13.3 Å². The lowest BCUT2D eigenvalue weighted by Gasteiger charge is -2.24. The fraction of sp³-hybridized carbons (Fsp3) is 0.857. The molecule has 124 valence electrons. The standard InChI is InChI=1S/C14H28N4O2.HI/c1-5-15-14(16-8-6-13(19)17(2)3)18(4)10-12-7-9-20-11-12;/h12H,5-11H2,1-4H3,(H,15,16);1H. The van der Waals surface area contributed by atoms with Crippen LogP contribution in [-0.4, -0.2) is 75.7 Å². The molecule has 0 aliphatic carbocycles. The third-order valence-corrected chi connectivity index (χ3v) is 3.34. The minimum Gasteiger partial charge on any atom is -0.381 e. The van der Waals surface area contributed by atoms with Crippen LogP contribution in [0.4, 0.5) is 0 Å². The number of nitrogens with one attached hydrogen (secondary N) is 1. The molecule has 1 amide bonds. The van der Waals surface area contributed by atoms with E-state index in [-0.39, 0.29) is 29.9 Å². The van der Waals surface area contributed by atoms with Crippen LogP contribution in [-0.2, 0) is 9.53 Å². The van der Waals surface area contributed by atoms with E-state index in [0.29, 0.717) is 18.9 Å². The Labute approximate surface area is 145 Å². The predicted molar refractivity (Wildman–Crippen MR) is 96.3 cm³/mol. The summed E-state index contributed by atoms with van der Waals surface area (Å²) in [5, 5.41) is 3.27. The number of hydrogen-bond acceptors (Lipinski definition) is 3. The van der Waals surface area contributed by atoms with Crippen LogP contribution in [0, 0.1) is 5.92 Å². The number of hydrogen-bond donors (Lipinski definition) is 1. The molecular weight excluding hydrogens is 383 g/mol. The minimum atomic E-state index is 0. The fourth-order valence-electron chi connectivity index (χ4n) is 2.15. The molecule has 1 unspecified atom stereocenters.